The van der Waals surface area contributed by atoms with Crippen molar-refractivity contribution in [2.24, 2.45) is 0 Å². The lowest BCUT2D eigenvalue weighted by molar-refractivity contribution is -0.254. The first-order chi connectivity index (χ1) is 8.90. The molecule has 1 rings (SSSR count). The molecule has 0 aliphatic heterocycles. The van der Waals surface area contributed by atoms with Gasteiger partial charge in [-0.05, 0) is 19.9 Å². The van der Waals surface area contributed by atoms with E-state index in [1.54, 1.807) is 19.9 Å². The number of carbonyl (C=O) groups excluding carboxylic acids is 3. The van der Waals surface area contributed by atoms with Crippen LogP contribution in [0.2, 0.25) is 0 Å². The van der Waals surface area contributed by atoms with Gasteiger partial charge in [0.1, 0.15) is 6.42 Å². The zero-order chi connectivity index (χ0) is 14.4. The van der Waals surface area contributed by atoms with E-state index in [0.717, 1.165) is 0 Å². The molecule has 0 fully saturated rings. The number of benzene rings is 1. The van der Waals surface area contributed by atoms with E-state index < -0.39 is 17.8 Å². The predicted molar refractivity (Wildman–Crippen MR) is 67.3 cm³/mol. The molecular formula is C13H15N2O4-. The molecule has 6 nitrogen and oxygen atoms in total. The van der Waals surface area contributed by atoms with E-state index in [1.807, 2.05) is 0 Å². The molecule has 0 radical (unpaired) electrons. The van der Waals surface area contributed by atoms with Crippen LogP contribution in [0.5, 0.6) is 0 Å². The van der Waals surface area contributed by atoms with Gasteiger partial charge in [0.25, 0.3) is 0 Å². The number of hydrogen-bond acceptors (Lipinski definition) is 4. The average Bonchev–Trinajstić information content (AvgIpc) is 2.27. The highest BCUT2D eigenvalue weighted by atomic mass is 16.4. The van der Waals surface area contributed by atoms with Crippen LogP contribution in [0.25, 0.3) is 0 Å². The number of rotatable bonds is 5. The van der Waals surface area contributed by atoms with Crippen LogP contribution in [0.15, 0.2) is 24.3 Å². The molecule has 1 aromatic rings. The summed E-state index contributed by atoms with van der Waals surface area (Å²) in [4.78, 5) is 33.8. The second kappa shape index (κ2) is 6.53. The lowest BCUT2D eigenvalue weighted by atomic mass is 10.1. The van der Waals surface area contributed by atoms with Crippen LogP contribution in [0.1, 0.15) is 30.6 Å². The van der Waals surface area contributed by atoms with Gasteiger partial charge < -0.3 is 20.5 Å². The number of amides is 2. The number of nitrogens with one attached hydrogen (secondary N) is 2. The van der Waals surface area contributed by atoms with E-state index >= 15 is 0 Å². The highest BCUT2D eigenvalue weighted by Gasteiger charge is 2.12. The highest BCUT2D eigenvalue weighted by Crippen LogP contribution is 2.14. The topological polar surface area (TPSA) is 98.3 Å². The maximum absolute atomic E-state index is 11.6. The molecule has 0 unspecified atom stereocenters. The smallest absolute Gasteiger partial charge is 0.233 e. The normalized spacial score (nSPS) is 10.1. The van der Waals surface area contributed by atoms with Crippen molar-refractivity contribution in [3.05, 3.63) is 29.8 Å². The van der Waals surface area contributed by atoms with Crippen molar-refractivity contribution in [3.8, 4) is 0 Å². The molecule has 0 saturated heterocycles. The van der Waals surface area contributed by atoms with Crippen molar-refractivity contribution in [1.29, 1.82) is 0 Å². The Morgan fingerprint density at radius 2 is 1.79 bits per heavy atom. The molecule has 1 aromatic carbocycles. The molecule has 0 heterocycles. The molecule has 6 heteroatoms. The number of hydrogen-bond donors (Lipinski definition) is 2. The molecule has 0 spiro atoms. The predicted octanol–water partition coefficient (Wildman–Crippen LogP) is -0.0967. The summed E-state index contributed by atoms with van der Waals surface area (Å²) in [5.41, 5.74) is -0.00929. The third-order valence-electron chi connectivity index (χ3n) is 2.19. The van der Waals surface area contributed by atoms with Crippen molar-refractivity contribution < 1.29 is 19.5 Å². The largest absolute Gasteiger partial charge is 0.545 e. The number of anilines is 1. The zero-order valence-corrected chi connectivity index (χ0v) is 10.7. The van der Waals surface area contributed by atoms with Crippen LogP contribution in [0, 0.1) is 0 Å². The van der Waals surface area contributed by atoms with Gasteiger partial charge in [-0.1, -0.05) is 18.2 Å². The van der Waals surface area contributed by atoms with Crippen LogP contribution in [0.3, 0.4) is 0 Å². The number of carboxylic acids is 1. The number of carboxylic acid groups (broad SMARTS) is 1. The molecule has 0 aliphatic carbocycles. The highest BCUT2D eigenvalue weighted by molar-refractivity contribution is 6.06. The Hall–Kier alpha value is -2.37. The van der Waals surface area contributed by atoms with Crippen molar-refractivity contribution in [2.45, 2.75) is 26.3 Å². The van der Waals surface area contributed by atoms with Gasteiger partial charge in [-0.25, -0.2) is 0 Å². The minimum Gasteiger partial charge on any atom is -0.545 e. The van der Waals surface area contributed by atoms with E-state index in [-0.39, 0.29) is 23.7 Å². The van der Waals surface area contributed by atoms with Crippen LogP contribution < -0.4 is 15.7 Å². The van der Waals surface area contributed by atoms with E-state index in [2.05, 4.69) is 10.6 Å². The summed E-state index contributed by atoms with van der Waals surface area (Å²) in [5.74, 6) is -2.38. The van der Waals surface area contributed by atoms with Crippen molar-refractivity contribution in [2.75, 3.05) is 5.32 Å². The minimum absolute atomic E-state index is 0.0594. The fourth-order valence-electron chi connectivity index (χ4n) is 1.48. The standard InChI is InChI=1S/C13H16N2O4/c1-8(2)14-11(16)7-12(17)15-10-6-4-3-5-9(10)13(18)19/h3-6,8H,7H2,1-2H3,(H,14,16)(H,15,17)(H,18,19)/p-1. The number of para-hydroxylation sites is 1. The number of aromatic carboxylic acids is 1. The summed E-state index contributed by atoms with van der Waals surface area (Å²) in [6.45, 7) is 3.56. The zero-order valence-electron chi connectivity index (χ0n) is 10.7. The summed E-state index contributed by atoms with van der Waals surface area (Å²) in [7, 11) is 0. The maximum Gasteiger partial charge on any atom is 0.233 e. The molecule has 102 valence electrons. The summed E-state index contributed by atoms with van der Waals surface area (Å²) in [6, 6.07) is 5.79. The van der Waals surface area contributed by atoms with Crippen LogP contribution >= 0.6 is 0 Å². The van der Waals surface area contributed by atoms with E-state index in [1.165, 1.54) is 18.2 Å². The quantitative estimate of drug-likeness (QED) is 0.725. The van der Waals surface area contributed by atoms with Gasteiger partial charge in [0, 0.05) is 17.3 Å². The van der Waals surface area contributed by atoms with Gasteiger partial charge in [-0.3, -0.25) is 9.59 Å². The Kier molecular flexibility index (Phi) is 5.05. The van der Waals surface area contributed by atoms with Crippen molar-refractivity contribution >= 4 is 23.5 Å². The monoisotopic (exact) mass is 263 g/mol. The lowest BCUT2D eigenvalue weighted by Gasteiger charge is -2.12. The fraction of sp³-hybridized carbons (Fsp3) is 0.308. The van der Waals surface area contributed by atoms with Gasteiger partial charge >= 0.3 is 0 Å². The molecule has 0 bridgehead atoms. The Balaban J connectivity index is 2.67. The summed E-state index contributed by atoms with van der Waals surface area (Å²) in [5, 5.41) is 15.8. The Labute approximate surface area is 110 Å². The van der Waals surface area contributed by atoms with Gasteiger partial charge in [0.15, 0.2) is 0 Å². The average molecular weight is 263 g/mol. The first kappa shape index (κ1) is 14.7. The molecule has 19 heavy (non-hydrogen) atoms. The summed E-state index contributed by atoms with van der Waals surface area (Å²) >= 11 is 0. The van der Waals surface area contributed by atoms with E-state index in [4.69, 9.17) is 0 Å². The van der Waals surface area contributed by atoms with Crippen molar-refractivity contribution in [3.63, 3.8) is 0 Å². The molecular weight excluding hydrogens is 248 g/mol. The van der Waals surface area contributed by atoms with E-state index in [0.29, 0.717) is 0 Å². The molecule has 0 aliphatic rings. The summed E-state index contributed by atoms with van der Waals surface area (Å²) in [6.07, 6.45) is -0.362. The van der Waals surface area contributed by atoms with Gasteiger partial charge in [-0.2, -0.15) is 0 Å². The van der Waals surface area contributed by atoms with Gasteiger partial charge in [0.2, 0.25) is 11.8 Å². The molecule has 0 aromatic heterocycles. The molecule has 2 N–H and O–H groups in total. The Bertz CT molecular complexity index is 497. The molecule has 2 amide bonds. The van der Waals surface area contributed by atoms with Crippen LogP contribution in [-0.4, -0.2) is 23.8 Å². The van der Waals surface area contributed by atoms with E-state index in [9.17, 15) is 19.5 Å². The second-order valence-corrected chi connectivity index (χ2v) is 4.28. The lowest BCUT2D eigenvalue weighted by Crippen LogP contribution is -2.33. The SMILES string of the molecule is CC(C)NC(=O)CC(=O)Nc1ccccc1C(=O)[O-]. The van der Waals surface area contributed by atoms with Gasteiger partial charge in [-0.15, -0.1) is 0 Å². The first-order valence-electron chi connectivity index (χ1n) is 5.79. The number of carbonyl (C=O) groups is 3. The molecule has 0 saturated carbocycles. The molecule has 0 atom stereocenters. The summed E-state index contributed by atoms with van der Waals surface area (Å²) < 4.78 is 0. The van der Waals surface area contributed by atoms with Gasteiger partial charge in [0.05, 0.1) is 5.97 Å². The van der Waals surface area contributed by atoms with Crippen LogP contribution in [-0.2, 0) is 9.59 Å². The second-order valence-electron chi connectivity index (χ2n) is 4.28. The third-order valence-corrected chi connectivity index (χ3v) is 2.19. The minimum atomic E-state index is -1.39. The fourth-order valence-corrected chi connectivity index (χ4v) is 1.48. The Morgan fingerprint density at radius 3 is 2.37 bits per heavy atom. The third kappa shape index (κ3) is 4.79. The van der Waals surface area contributed by atoms with Crippen molar-refractivity contribution in [1.82, 2.24) is 5.32 Å². The Morgan fingerprint density at radius 1 is 1.16 bits per heavy atom. The maximum atomic E-state index is 11.6. The van der Waals surface area contributed by atoms with Crippen LogP contribution in [0.4, 0.5) is 5.69 Å². The first-order valence-corrected chi connectivity index (χ1v) is 5.79.